The molecule has 19 heteroatoms. The van der Waals surface area contributed by atoms with Gasteiger partial charge in [0.25, 0.3) is 10.2 Å². The summed E-state index contributed by atoms with van der Waals surface area (Å²) >= 11 is 0. The molecule has 2 atom stereocenters. The largest absolute Gasteiger partial charge is 0.373 e. The minimum Gasteiger partial charge on any atom is -0.368 e. The fourth-order valence-electron chi connectivity index (χ4n) is 2.01. The number of aliphatic hydroxyl groups is 1. The molecule has 0 aromatic carbocycles. The lowest BCUT2D eigenvalue weighted by molar-refractivity contribution is 0.0736. The number of nitrogens with two attached hydrogens (primary N) is 2. The van der Waals surface area contributed by atoms with Crippen LogP contribution < -0.4 is 11.5 Å². The zero-order valence-corrected chi connectivity index (χ0v) is 17.4. The molecule has 12 N–H and O–H groups in total. The maximum Gasteiger partial charge on any atom is 0.373 e. The fraction of sp³-hybridized carbons (Fsp3) is 1.00. The summed E-state index contributed by atoms with van der Waals surface area (Å²) < 4.78 is 51.8. The molecule has 27 heavy (non-hydrogen) atoms. The highest BCUT2D eigenvalue weighted by molar-refractivity contribution is 7.75. The molecule has 0 bridgehead atoms. The van der Waals surface area contributed by atoms with Crippen LogP contribution in [0.4, 0.5) is 0 Å². The molecule has 0 aromatic rings. The van der Waals surface area contributed by atoms with Crippen LogP contribution in [-0.2, 0) is 22.8 Å². The first-order chi connectivity index (χ1) is 11.8. The van der Waals surface area contributed by atoms with Crippen molar-refractivity contribution in [2.45, 2.75) is 35.8 Å². The molecule has 0 aliphatic carbocycles. The summed E-state index contributed by atoms with van der Waals surface area (Å²) in [5.74, 6) is 0. The molecule has 0 amide bonds. The predicted molar refractivity (Wildman–Crippen MR) is 91.3 cm³/mol. The smallest absolute Gasteiger partial charge is 0.368 e. The van der Waals surface area contributed by atoms with Crippen LogP contribution in [0.15, 0.2) is 0 Å². The van der Waals surface area contributed by atoms with Crippen LogP contribution in [0.1, 0.15) is 25.7 Å². The molecule has 0 aliphatic heterocycles. The highest BCUT2D eigenvalue weighted by Crippen LogP contribution is 2.80. The maximum atomic E-state index is 12.5. The molecule has 0 heterocycles. The molecule has 0 spiro atoms. The van der Waals surface area contributed by atoms with E-state index < -0.39 is 66.2 Å². The lowest BCUT2D eigenvalue weighted by Crippen LogP contribution is -2.38. The normalized spacial score (nSPS) is 18.7. The monoisotopic (exact) mass is 480 g/mol. The first kappa shape index (κ1) is 27.5. The Morgan fingerprint density at radius 2 is 1.07 bits per heavy atom. The third kappa shape index (κ3) is 5.76. The van der Waals surface area contributed by atoms with Crippen molar-refractivity contribution in [2.75, 3.05) is 13.1 Å². The third-order valence-electron chi connectivity index (χ3n) is 3.52. The third-order valence-corrected chi connectivity index (χ3v) is 12.2. The summed E-state index contributed by atoms with van der Waals surface area (Å²) in [5.41, 5.74) is 10.2. The minimum absolute atomic E-state index is 0.322. The van der Waals surface area contributed by atoms with Crippen LogP contribution in [0.25, 0.3) is 0 Å². The molecule has 0 saturated carbocycles. The number of hydrogen-bond donors (Lipinski definition) is 10. The Kier molecular flexibility index (Phi) is 9.26. The zero-order chi connectivity index (χ0) is 21.9. The van der Waals surface area contributed by atoms with E-state index in [9.17, 15) is 57.6 Å². The van der Waals surface area contributed by atoms with Crippen LogP contribution in [0, 0.1) is 0 Å². The first-order valence-corrected chi connectivity index (χ1v) is 13.6. The fourth-order valence-corrected chi connectivity index (χ4v) is 8.74. The molecule has 0 radical (unpaired) electrons. The molecule has 2 unspecified atom stereocenters. The van der Waals surface area contributed by atoms with Gasteiger partial charge in [-0.15, -0.1) is 0 Å². The Labute approximate surface area is 153 Å². The van der Waals surface area contributed by atoms with Gasteiger partial charge in [-0.05, 0) is 25.9 Å². The van der Waals surface area contributed by atoms with Crippen molar-refractivity contribution < 1.29 is 62.1 Å². The van der Waals surface area contributed by atoms with Crippen LogP contribution >= 0.6 is 30.4 Å². The van der Waals surface area contributed by atoms with E-state index in [1.165, 1.54) is 0 Å². The standard InChI is InChI=1S/C8H24N2O13P4/c9-5-1-3-7(11,24(12,13)14)27(21,22)23-8(4-2-6-10,25(15,16)17)26(18,19)20/h11H,1-6,9-10H2,(H,21,22)(H2,12,13,14)(H2,15,16,17)(H2,18,19,20). The summed E-state index contributed by atoms with van der Waals surface area (Å²) in [4.78, 5) is 66.2. The molecule has 15 nitrogen and oxygen atoms in total. The molecule has 0 saturated heterocycles. The van der Waals surface area contributed by atoms with Gasteiger partial charge in [-0.3, -0.25) is 22.8 Å². The van der Waals surface area contributed by atoms with Crippen molar-refractivity contribution in [3.63, 3.8) is 0 Å². The van der Waals surface area contributed by atoms with Crippen LogP contribution in [0.5, 0.6) is 0 Å². The average Bonchev–Trinajstić information content (AvgIpc) is 2.44. The van der Waals surface area contributed by atoms with Gasteiger partial charge in [0.1, 0.15) is 0 Å². The second kappa shape index (κ2) is 9.09. The van der Waals surface area contributed by atoms with E-state index >= 15 is 0 Å². The van der Waals surface area contributed by atoms with E-state index in [0.29, 0.717) is 0 Å². The lowest BCUT2D eigenvalue weighted by atomic mass is 10.3. The van der Waals surface area contributed by atoms with Crippen molar-refractivity contribution in [3.05, 3.63) is 0 Å². The molecule has 164 valence electrons. The second-order valence-corrected chi connectivity index (χ2v) is 13.7. The van der Waals surface area contributed by atoms with Gasteiger partial charge in [0.15, 0.2) is 0 Å². The Bertz CT molecular complexity index is 674. The van der Waals surface area contributed by atoms with Gasteiger partial charge in [0, 0.05) is 12.8 Å². The average molecular weight is 480 g/mol. The van der Waals surface area contributed by atoms with Gasteiger partial charge in [-0.2, -0.15) is 0 Å². The second-order valence-electron chi connectivity index (χ2n) is 5.55. The quantitative estimate of drug-likeness (QED) is 0.142. The van der Waals surface area contributed by atoms with Crippen molar-refractivity contribution in [3.8, 4) is 0 Å². The molecular formula is C8H24N2O13P4. The van der Waals surface area contributed by atoms with Gasteiger partial charge >= 0.3 is 30.4 Å². The van der Waals surface area contributed by atoms with Crippen LogP contribution in [0.3, 0.4) is 0 Å². The van der Waals surface area contributed by atoms with Gasteiger partial charge in [0.2, 0.25) is 0 Å². The van der Waals surface area contributed by atoms with Crippen molar-refractivity contribution in [1.29, 1.82) is 0 Å². The highest BCUT2D eigenvalue weighted by atomic mass is 31.3. The van der Waals surface area contributed by atoms with E-state index in [1.54, 1.807) is 0 Å². The Balaban J connectivity index is 6.58. The predicted octanol–water partition coefficient (Wildman–Crippen LogP) is -1.50. The van der Waals surface area contributed by atoms with Crippen LogP contribution in [0.2, 0.25) is 0 Å². The Morgan fingerprint density at radius 1 is 0.704 bits per heavy atom. The molecule has 0 rings (SSSR count). The first-order valence-electron chi connectivity index (χ1n) is 7.16. The van der Waals surface area contributed by atoms with Crippen molar-refractivity contribution in [2.24, 2.45) is 11.5 Å². The van der Waals surface area contributed by atoms with E-state index in [4.69, 9.17) is 11.5 Å². The molecule has 0 aromatic heterocycles. The van der Waals surface area contributed by atoms with E-state index in [-0.39, 0.29) is 13.1 Å². The maximum absolute atomic E-state index is 12.5. The molecule has 0 aliphatic rings. The highest BCUT2D eigenvalue weighted by Gasteiger charge is 2.70. The summed E-state index contributed by atoms with van der Waals surface area (Å²) in [6, 6.07) is 0. The van der Waals surface area contributed by atoms with Gasteiger partial charge in [0.05, 0.1) is 0 Å². The zero-order valence-electron chi connectivity index (χ0n) is 13.8. The van der Waals surface area contributed by atoms with Gasteiger partial charge in [-0.1, -0.05) is 0 Å². The summed E-state index contributed by atoms with van der Waals surface area (Å²) in [7, 11) is -24.3. The number of rotatable bonds is 12. The Morgan fingerprint density at radius 3 is 1.37 bits per heavy atom. The van der Waals surface area contributed by atoms with Crippen molar-refractivity contribution in [1.82, 2.24) is 0 Å². The summed E-state index contributed by atoms with van der Waals surface area (Å²) in [5, 5.41) is 2.26. The minimum atomic E-state index is -6.21. The van der Waals surface area contributed by atoms with E-state index in [0.717, 1.165) is 0 Å². The molecule has 0 fully saturated rings. The topological polar surface area (TPSA) is 291 Å². The lowest BCUT2D eigenvalue weighted by Gasteiger charge is -2.39. The Hall–Kier alpha value is 0.480. The van der Waals surface area contributed by atoms with Gasteiger partial charge < -0.3 is 50.8 Å². The summed E-state index contributed by atoms with van der Waals surface area (Å²) in [6.07, 6.45) is -3.39. The van der Waals surface area contributed by atoms with E-state index in [1.807, 2.05) is 0 Å². The van der Waals surface area contributed by atoms with Crippen molar-refractivity contribution >= 4 is 30.4 Å². The summed E-state index contributed by atoms with van der Waals surface area (Å²) in [6.45, 7) is -0.700. The number of hydrogen-bond acceptors (Lipinski definition) is 8. The van der Waals surface area contributed by atoms with Gasteiger partial charge in [-0.25, -0.2) is 0 Å². The van der Waals surface area contributed by atoms with E-state index in [2.05, 4.69) is 4.52 Å². The molecular weight excluding hydrogens is 456 g/mol. The SMILES string of the molecule is NCCCC(OP(=O)(O)C(O)(CCCN)P(=O)(O)O)(P(=O)(O)O)P(=O)(O)O. The van der Waals surface area contributed by atoms with Crippen LogP contribution in [-0.4, -0.2) is 62.6 Å².